The molecule has 0 radical (unpaired) electrons. The summed E-state index contributed by atoms with van der Waals surface area (Å²) in [6.07, 6.45) is 5.97. The lowest BCUT2D eigenvalue weighted by molar-refractivity contribution is 0.0601. The summed E-state index contributed by atoms with van der Waals surface area (Å²) in [7, 11) is 1.38. The number of unbranched alkanes of at least 4 members (excludes halogenated alkanes) is 1. The highest BCUT2D eigenvalue weighted by Crippen LogP contribution is 2.39. The lowest BCUT2D eigenvalue weighted by Gasteiger charge is -2.12. The Bertz CT molecular complexity index is 1160. The van der Waals surface area contributed by atoms with Crippen LogP contribution in [0.1, 0.15) is 75.2 Å². The Morgan fingerprint density at radius 1 is 1.26 bits per heavy atom. The number of hydrogen-bond donors (Lipinski definition) is 1. The Kier molecular flexibility index (Phi) is 6.09. The summed E-state index contributed by atoms with van der Waals surface area (Å²) in [5.74, 6) is -0.647. The number of aromatic nitrogens is 3. The standard InChI is InChI=1S/C23H28N4O3S/c1-5-6-11-27-20-18(14(3)26-27)16(12-13(2)24-20)21(28)25-22-19(23(29)30-4)15-9-7-8-10-17(15)31-22/h12H,5-11H2,1-4H3,(H,25,28). The zero-order valence-corrected chi connectivity index (χ0v) is 19.3. The normalized spacial score (nSPS) is 13.3. The number of carbonyl (C=O) groups is 2. The molecule has 7 nitrogen and oxygen atoms in total. The Labute approximate surface area is 185 Å². The van der Waals surface area contributed by atoms with Crippen LogP contribution in [0.15, 0.2) is 6.07 Å². The molecule has 1 aliphatic carbocycles. The van der Waals surface area contributed by atoms with Crippen molar-refractivity contribution < 1.29 is 14.3 Å². The first-order valence-corrected chi connectivity index (χ1v) is 11.6. The Balaban J connectivity index is 1.75. The summed E-state index contributed by atoms with van der Waals surface area (Å²) in [6.45, 7) is 6.69. The van der Waals surface area contributed by atoms with E-state index in [0.717, 1.165) is 73.1 Å². The molecule has 4 rings (SSSR count). The molecule has 1 N–H and O–H groups in total. The van der Waals surface area contributed by atoms with Gasteiger partial charge in [-0.3, -0.25) is 4.79 Å². The highest BCUT2D eigenvalue weighted by molar-refractivity contribution is 7.17. The van der Waals surface area contributed by atoms with Crippen LogP contribution in [0, 0.1) is 13.8 Å². The van der Waals surface area contributed by atoms with Gasteiger partial charge in [0, 0.05) is 17.1 Å². The van der Waals surface area contributed by atoms with Crippen molar-refractivity contribution in [3.63, 3.8) is 0 Å². The SMILES string of the molecule is CCCCn1nc(C)c2c(C(=O)Nc3sc4c(c3C(=O)OC)CCCC4)cc(C)nc21. The average Bonchev–Trinajstić information content (AvgIpc) is 3.28. The number of carbonyl (C=O) groups excluding carboxylic acids is 2. The first kappa shape index (κ1) is 21.5. The predicted octanol–water partition coefficient (Wildman–Crippen LogP) is 4.83. The third kappa shape index (κ3) is 3.96. The van der Waals surface area contributed by atoms with E-state index in [2.05, 4.69) is 22.3 Å². The summed E-state index contributed by atoms with van der Waals surface area (Å²) < 4.78 is 6.92. The van der Waals surface area contributed by atoms with Crippen molar-refractivity contribution in [1.82, 2.24) is 14.8 Å². The lowest BCUT2D eigenvalue weighted by Crippen LogP contribution is -2.16. The van der Waals surface area contributed by atoms with Crippen molar-refractivity contribution in [2.45, 2.75) is 65.8 Å². The van der Waals surface area contributed by atoms with E-state index in [1.54, 1.807) is 6.07 Å². The molecule has 0 bridgehead atoms. The van der Waals surface area contributed by atoms with Crippen LogP contribution in [-0.4, -0.2) is 33.8 Å². The number of ether oxygens (including phenoxy) is 1. The second kappa shape index (κ2) is 8.78. The number of esters is 1. The maximum absolute atomic E-state index is 13.4. The molecule has 0 aliphatic heterocycles. The van der Waals surface area contributed by atoms with E-state index in [1.807, 2.05) is 18.5 Å². The van der Waals surface area contributed by atoms with Gasteiger partial charge in [-0.15, -0.1) is 11.3 Å². The molecule has 31 heavy (non-hydrogen) atoms. The molecule has 0 saturated carbocycles. The first-order chi connectivity index (χ1) is 14.9. The van der Waals surface area contributed by atoms with Crippen LogP contribution in [-0.2, 0) is 24.1 Å². The van der Waals surface area contributed by atoms with Gasteiger partial charge in [-0.05, 0) is 57.6 Å². The summed E-state index contributed by atoms with van der Waals surface area (Å²) in [4.78, 5) is 31.8. The quantitative estimate of drug-likeness (QED) is 0.555. The van der Waals surface area contributed by atoms with Crippen LogP contribution >= 0.6 is 11.3 Å². The molecule has 164 valence electrons. The number of hydrogen-bond acceptors (Lipinski definition) is 6. The van der Waals surface area contributed by atoms with E-state index in [9.17, 15) is 9.59 Å². The van der Waals surface area contributed by atoms with Crippen molar-refractivity contribution >= 4 is 39.2 Å². The zero-order chi connectivity index (χ0) is 22.1. The number of fused-ring (bicyclic) bond motifs is 2. The van der Waals surface area contributed by atoms with Crippen molar-refractivity contribution in [3.8, 4) is 0 Å². The second-order valence-corrected chi connectivity index (χ2v) is 9.14. The van der Waals surface area contributed by atoms with Gasteiger partial charge in [0.1, 0.15) is 5.00 Å². The number of anilines is 1. The molecule has 1 aliphatic rings. The fraction of sp³-hybridized carbons (Fsp3) is 0.478. The summed E-state index contributed by atoms with van der Waals surface area (Å²) >= 11 is 1.49. The third-order valence-electron chi connectivity index (χ3n) is 5.76. The number of nitrogens with zero attached hydrogens (tertiary/aromatic N) is 3. The van der Waals surface area contributed by atoms with Gasteiger partial charge in [-0.25, -0.2) is 14.5 Å². The molecular weight excluding hydrogens is 412 g/mol. The van der Waals surface area contributed by atoms with Crippen molar-refractivity contribution in [2.75, 3.05) is 12.4 Å². The van der Waals surface area contributed by atoms with Gasteiger partial charge in [0.25, 0.3) is 5.91 Å². The Morgan fingerprint density at radius 3 is 2.77 bits per heavy atom. The first-order valence-electron chi connectivity index (χ1n) is 10.8. The number of rotatable bonds is 6. The molecule has 0 fully saturated rings. The van der Waals surface area contributed by atoms with Gasteiger partial charge >= 0.3 is 5.97 Å². The molecule has 0 unspecified atom stereocenters. The third-order valence-corrected chi connectivity index (χ3v) is 6.97. The zero-order valence-electron chi connectivity index (χ0n) is 18.5. The maximum atomic E-state index is 13.4. The van der Waals surface area contributed by atoms with Crippen molar-refractivity contribution in [2.24, 2.45) is 0 Å². The van der Waals surface area contributed by atoms with Crippen LogP contribution in [0.5, 0.6) is 0 Å². The van der Waals surface area contributed by atoms with E-state index in [4.69, 9.17) is 4.74 Å². The molecule has 0 aromatic carbocycles. The Morgan fingerprint density at radius 2 is 2.03 bits per heavy atom. The minimum Gasteiger partial charge on any atom is -0.465 e. The molecular formula is C23H28N4O3S. The number of nitrogens with one attached hydrogen (secondary N) is 1. The number of thiophene rings is 1. The van der Waals surface area contributed by atoms with Crippen molar-refractivity contribution in [3.05, 3.63) is 39.0 Å². The second-order valence-electron chi connectivity index (χ2n) is 8.03. The fourth-order valence-corrected chi connectivity index (χ4v) is 5.54. The maximum Gasteiger partial charge on any atom is 0.341 e. The highest BCUT2D eigenvalue weighted by Gasteiger charge is 2.28. The van der Waals surface area contributed by atoms with Gasteiger partial charge in [0.05, 0.1) is 29.3 Å². The van der Waals surface area contributed by atoms with E-state index < -0.39 is 5.97 Å². The topological polar surface area (TPSA) is 86.1 Å². The molecule has 3 aromatic rings. The van der Waals surface area contributed by atoms with E-state index in [0.29, 0.717) is 16.1 Å². The lowest BCUT2D eigenvalue weighted by atomic mass is 9.95. The van der Waals surface area contributed by atoms with Crippen LogP contribution in [0.4, 0.5) is 5.00 Å². The molecule has 3 aromatic heterocycles. The molecule has 0 atom stereocenters. The van der Waals surface area contributed by atoms with Crippen LogP contribution in [0.3, 0.4) is 0 Å². The van der Waals surface area contributed by atoms with Crippen molar-refractivity contribution in [1.29, 1.82) is 0 Å². The Hall–Kier alpha value is -2.74. The van der Waals surface area contributed by atoms with Gasteiger partial charge in [-0.2, -0.15) is 5.10 Å². The fourth-order valence-electron chi connectivity index (χ4n) is 4.26. The summed E-state index contributed by atoms with van der Waals surface area (Å²) in [5, 5.41) is 8.98. The van der Waals surface area contributed by atoms with Gasteiger partial charge in [-0.1, -0.05) is 13.3 Å². The van der Waals surface area contributed by atoms with Gasteiger partial charge in [0.2, 0.25) is 0 Å². The van der Waals surface area contributed by atoms with Gasteiger partial charge in [0.15, 0.2) is 5.65 Å². The predicted molar refractivity (Wildman–Crippen MR) is 122 cm³/mol. The molecule has 3 heterocycles. The summed E-state index contributed by atoms with van der Waals surface area (Å²) in [6, 6.07) is 1.79. The monoisotopic (exact) mass is 440 g/mol. The largest absolute Gasteiger partial charge is 0.465 e. The smallest absolute Gasteiger partial charge is 0.341 e. The van der Waals surface area contributed by atoms with Crippen LogP contribution < -0.4 is 5.32 Å². The van der Waals surface area contributed by atoms with E-state index in [-0.39, 0.29) is 5.91 Å². The molecule has 1 amide bonds. The summed E-state index contributed by atoms with van der Waals surface area (Å²) in [5.41, 5.74) is 4.34. The molecule has 0 saturated heterocycles. The molecule has 0 spiro atoms. The van der Waals surface area contributed by atoms with Crippen LogP contribution in [0.25, 0.3) is 11.0 Å². The van der Waals surface area contributed by atoms with Gasteiger partial charge < -0.3 is 10.1 Å². The number of pyridine rings is 1. The minimum atomic E-state index is -0.394. The van der Waals surface area contributed by atoms with Crippen LogP contribution in [0.2, 0.25) is 0 Å². The highest BCUT2D eigenvalue weighted by atomic mass is 32.1. The minimum absolute atomic E-state index is 0.252. The number of aryl methyl sites for hydroxylation is 4. The average molecular weight is 441 g/mol. The molecule has 8 heteroatoms. The van der Waals surface area contributed by atoms with E-state index in [1.165, 1.54) is 23.3 Å². The van der Waals surface area contributed by atoms with E-state index >= 15 is 0 Å². The number of amides is 1. The number of methoxy groups -OCH3 is 1.